The molecule has 0 saturated heterocycles. The summed E-state index contributed by atoms with van der Waals surface area (Å²) in [4.78, 5) is 57.0. The van der Waals surface area contributed by atoms with Gasteiger partial charge in [0.15, 0.2) is 0 Å². The molecule has 0 bridgehead atoms. The van der Waals surface area contributed by atoms with Crippen LogP contribution in [0.1, 0.15) is 78.1 Å². The molecule has 4 fully saturated rings. The molecule has 0 spiro atoms. The molecule has 1 unspecified atom stereocenters. The molecule has 9 nitrogen and oxygen atoms in total. The fourth-order valence-electron chi connectivity index (χ4n) is 7.65. The standard InChI is InChI=1S/C23H36N2O3.C4H4O4/c1-22-9-7-14(25-21(28)4-3-11-24)12-18(22)19(26)13-15-16-5-6-20(27)23(16,2)10-8-17(15)22;5-3(6)1-2-4(7)8/h14-18H,3-13,24H2,1-2H3,(H,25,28);1-2H,(H,5,6)(H,7,8)/t14?,15-,16-,17-,18+,22+,23-;/m0./s1. The van der Waals surface area contributed by atoms with Gasteiger partial charge in [0.1, 0.15) is 11.6 Å². The summed E-state index contributed by atoms with van der Waals surface area (Å²) in [7, 11) is 0. The van der Waals surface area contributed by atoms with Crippen molar-refractivity contribution in [2.45, 2.75) is 84.1 Å². The van der Waals surface area contributed by atoms with Crippen LogP contribution < -0.4 is 11.1 Å². The number of amides is 1. The number of hydrogen-bond acceptors (Lipinski definition) is 6. The molecule has 1 amide bonds. The highest BCUT2D eigenvalue weighted by molar-refractivity contribution is 5.90. The van der Waals surface area contributed by atoms with E-state index in [1.807, 2.05) is 0 Å². The van der Waals surface area contributed by atoms with Crippen LogP contribution >= 0.6 is 0 Å². The van der Waals surface area contributed by atoms with Crippen molar-refractivity contribution in [3.8, 4) is 0 Å². The lowest BCUT2D eigenvalue weighted by molar-refractivity contribution is -0.157. The topological polar surface area (TPSA) is 164 Å². The summed E-state index contributed by atoms with van der Waals surface area (Å²) in [6, 6.07) is 0.116. The Bertz CT molecular complexity index is 915. The van der Waals surface area contributed by atoms with E-state index in [1.54, 1.807) is 0 Å². The Labute approximate surface area is 212 Å². The third-order valence-corrected chi connectivity index (χ3v) is 9.51. The smallest absolute Gasteiger partial charge is 0.328 e. The van der Waals surface area contributed by atoms with Crippen LogP contribution in [0.2, 0.25) is 0 Å². The van der Waals surface area contributed by atoms with Crippen molar-refractivity contribution in [1.29, 1.82) is 0 Å². The maximum absolute atomic E-state index is 13.3. The monoisotopic (exact) mass is 504 g/mol. The number of Topliss-reactive ketones (excluding diaryl/α,β-unsaturated/α-hetero) is 2. The molecule has 0 radical (unpaired) electrons. The van der Waals surface area contributed by atoms with Gasteiger partial charge >= 0.3 is 11.9 Å². The van der Waals surface area contributed by atoms with Crippen LogP contribution in [0.3, 0.4) is 0 Å². The zero-order valence-electron chi connectivity index (χ0n) is 21.3. The molecule has 9 heteroatoms. The molecule has 36 heavy (non-hydrogen) atoms. The molecule has 7 atom stereocenters. The van der Waals surface area contributed by atoms with E-state index < -0.39 is 11.9 Å². The van der Waals surface area contributed by atoms with Gasteiger partial charge in [0.25, 0.3) is 0 Å². The van der Waals surface area contributed by atoms with Crippen molar-refractivity contribution in [2.75, 3.05) is 6.54 Å². The molecular weight excluding hydrogens is 464 g/mol. The highest BCUT2D eigenvalue weighted by Gasteiger charge is 2.62. The second-order valence-corrected chi connectivity index (χ2v) is 11.5. The van der Waals surface area contributed by atoms with Gasteiger partial charge in [-0.15, -0.1) is 0 Å². The molecule has 0 aromatic rings. The number of fused-ring (bicyclic) bond motifs is 5. The zero-order valence-corrected chi connectivity index (χ0v) is 21.3. The van der Waals surface area contributed by atoms with Crippen molar-refractivity contribution in [3.63, 3.8) is 0 Å². The van der Waals surface area contributed by atoms with E-state index in [0.29, 0.717) is 73.7 Å². The second-order valence-electron chi connectivity index (χ2n) is 11.5. The van der Waals surface area contributed by atoms with Gasteiger partial charge in [-0.2, -0.15) is 0 Å². The lowest BCUT2D eigenvalue weighted by Gasteiger charge is -2.59. The Morgan fingerprint density at radius 3 is 2.31 bits per heavy atom. The van der Waals surface area contributed by atoms with Gasteiger partial charge in [0.2, 0.25) is 5.91 Å². The minimum Gasteiger partial charge on any atom is -0.478 e. The van der Waals surface area contributed by atoms with Crippen molar-refractivity contribution in [2.24, 2.45) is 40.2 Å². The van der Waals surface area contributed by atoms with Crippen LogP contribution in [0, 0.1) is 34.5 Å². The molecule has 200 valence electrons. The highest BCUT2D eigenvalue weighted by Crippen LogP contribution is 2.64. The minimum atomic E-state index is -1.26. The average molecular weight is 505 g/mol. The van der Waals surface area contributed by atoms with Crippen molar-refractivity contribution in [3.05, 3.63) is 12.2 Å². The SMILES string of the molecule is C[C@]12CCC(NC(=O)CCCN)C[C@@H]1C(=O)C[C@@H]1[C@@H]2CC[C@]2(C)C(=O)CC[C@@H]12.O=C(O)C=CC(=O)O. The van der Waals surface area contributed by atoms with E-state index in [-0.39, 0.29) is 28.7 Å². The number of carbonyl (C=O) groups excluding carboxylic acids is 3. The quantitative estimate of drug-likeness (QED) is 0.401. The summed E-state index contributed by atoms with van der Waals surface area (Å²) in [5.74, 6) is -0.244. The fraction of sp³-hybridized carbons (Fsp3) is 0.741. The van der Waals surface area contributed by atoms with Gasteiger partial charge in [-0.1, -0.05) is 13.8 Å². The highest BCUT2D eigenvalue weighted by atomic mass is 16.4. The number of nitrogens with two attached hydrogens (primary N) is 1. The summed E-state index contributed by atoms with van der Waals surface area (Å²) in [5, 5.41) is 18.8. The Balaban J connectivity index is 0.000000392. The minimum absolute atomic E-state index is 0.0332. The first-order valence-corrected chi connectivity index (χ1v) is 13.1. The van der Waals surface area contributed by atoms with Crippen LogP contribution in [0.15, 0.2) is 12.2 Å². The number of ketones is 2. The third-order valence-electron chi connectivity index (χ3n) is 9.51. The summed E-state index contributed by atoms with van der Waals surface area (Å²) in [5.41, 5.74) is 5.36. The van der Waals surface area contributed by atoms with Crippen molar-refractivity contribution in [1.82, 2.24) is 5.32 Å². The van der Waals surface area contributed by atoms with Gasteiger partial charge in [-0.3, -0.25) is 14.4 Å². The molecule has 0 aromatic carbocycles. The molecule has 5 N–H and O–H groups in total. The van der Waals surface area contributed by atoms with Crippen molar-refractivity contribution < 1.29 is 34.2 Å². The van der Waals surface area contributed by atoms with Crippen molar-refractivity contribution >= 4 is 29.4 Å². The molecule has 4 aliphatic carbocycles. The second kappa shape index (κ2) is 11.2. The molecule has 4 rings (SSSR count). The first kappa shape index (κ1) is 28.0. The van der Waals surface area contributed by atoms with Crippen LogP contribution in [0.4, 0.5) is 0 Å². The van der Waals surface area contributed by atoms with Crippen LogP contribution in [-0.4, -0.2) is 52.2 Å². The number of aliphatic carboxylic acids is 2. The number of carboxylic acid groups (broad SMARTS) is 2. The van der Waals surface area contributed by atoms with Gasteiger partial charge in [-0.05, 0) is 74.7 Å². The van der Waals surface area contributed by atoms with E-state index in [2.05, 4.69) is 19.2 Å². The van der Waals surface area contributed by atoms with E-state index in [1.165, 1.54) is 0 Å². The van der Waals surface area contributed by atoms with Crippen LogP contribution in [-0.2, 0) is 24.0 Å². The van der Waals surface area contributed by atoms with Gasteiger partial charge in [0.05, 0.1) is 0 Å². The number of rotatable bonds is 6. The molecule has 0 aromatic heterocycles. The lowest BCUT2D eigenvalue weighted by Crippen LogP contribution is -2.58. The fourth-order valence-corrected chi connectivity index (χ4v) is 7.65. The largest absolute Gasteiger partial charge is 0.478 e. The van der Waals surface area contributed by atoms with Gasteiger partial charge in [-0.25, -0.2) is 9.59 Å². The normalized spacial score (nSPS) is 37.2. The number of nitrogens with one attached hydrogen (secondary N) is 1. The van der Waals surface area contributed by atoms with Crippen LogP contribution in [0.25, 0.3) is 0 Å². The molecule has 4 aliphatic rings. The number of hydrogen-bond donors (Lipinski definition) is 4. The lowest BCUT2D eigenvalue weighted by atomic mass is 9.45. The zero-order chi connectivity index (χ0) is 26.7. The van der Waals surface area contributed by atoms with Crippen LogP contribution in [0.5, 0.6) is 0 Å². The van der Waals surface area contributed by atoms with E-state index in [4.69, 9.17) is 15.9 Å². The van der Waals surface area contributed by atoms with Gasteiger partial charge in [0, 0.05) is 48.8 Å². The first-order chi connectivity index (χ1) is 16.9. The molecule has 4 saturated carbocycles. The Morgan fingerprint density at radius 1 is 1.03 bits per heavy atom. The maximum atomic E-state index is 13.3. The van der Waals surface area contributed by atoms with E-state index in [9.17, 15) is 24.0 Å². The van der Waals surface area contributed by atoms with E-state index >= 15 is 0 Å². The third kappa shape index (κ3) is 5.71. The Hall–Kier alpha value is -2.55. The van der Waals surface area contributed by atoms with E-state index in [0.717, 1.165) is 38.5 Å². The number of carbonyl (C=O) groups is 5. The molecular formula is C27H40N2O7. The predicted octanol–water partition coefficient (Wildman–Crippen LogP) is 2.71. The first-order valence-electron chi connectivity index (χ1n) is 13.1. The predicted molar refractivity (Wildman–Crippen MR) is 132 cm³/mol. The summed E-state index contributed by atoms with van der Waals surface area (Å²) in [6.45, 7) is 5.02. The maximum Gasteiger partial charge on any atom is 0.328 e. The summed E-state index contributed by atoms with van der Waals surface area (Å²) < 4.78 is 0. The Kier molecular flexibility index (Phi) is 8.75. The Morgan fingerprint density at radius 2 is 1.69 bits per heavy atom. The molecule has 0 aliphatic heterocycles. The molecule has 0 heterocycles. The summed E-state index contributed by atoms with van der Waals surface area (Å²) >= 11 is 0. The average Bonchev–Trinajstić information content (AvgIpc) is 3.12. The number of carboxylic acids is 2. The summed E-state index contributed by atoms with van der Waals surface area (Å²) in [6.07, 6.45) is 9.45. The van der Waals surface area contributed by atoms with Gasteiger partial charge < -0.3 is 21.3 Å².